The molecule has 0 saturated heterocycles. The van der Waals surface area contributed by atoms with Crippen LogP contribution in [0.2, 0.25) is 0 Å². The maximum absolute atomic E-state index is 12.1. The Balaban J connectivity index is 2.65. The summed E-state index contributed by atoms with van der Waals surface area (Å²) in [4.78, 5) is 4.06. The Morgan fingerprint density at radius 3 is 2.68 bits per heavy atom. The highest BCUT2D eigenvalue weighted by molar-refractivity contribution is 7.91. The van der Waals surface area contributed by atoms with E-state index >= 15 is 0 Å². The number of rotatable bonds is 8. The summed E-state index contributed by atoms with van der Waals surface area (Å²) >= 11 is 1.21. The van der Waals surface area contributed by atoms with Crippen molar-refractivity contribution in [3.8, 4) is 0 Å². The van der Waals surface area contributed by atoms with Gasteiger partial charge in [-0.15, -0.1) is 11.3 Å². The summed E-state index contributed by atoms with van der Waals surface area (Å²) in [6.45, 7) is 6.39. The Hall–Kier alpha value is -0.500. The van der Waals surface area contributed by atoms with Crippen LogP contribution in [0.4, 0.5) is 0 Å². The number of aliphatic hydroxyl groups is 1. The maximum Gasteiger partial charge on any atom is 0.251 e. The molecule has 0 fully saturated rings. The SMILES string of the molecule is CCc1ncc(S(=O)(=O)NCC(C)(C)CCCO)s1. The van der Waals surface area contributed by atoms with E-state index in [4.69, 9.17) is 5.11 Å². The lowest BCUT2D eigenvalue weighted by atomic mass is 9.88. The Kier molecular flexibility index (Phi) is 5.91. The van der Waals surface area contributed by atoms with Gasteiger partial charge in [0.05, 0.1) is 11.2 Å². The van der Waals surface area contributed by atoms with Crippen LogP contribution in [0.15, 0.2) is 10.4 Å². The molecule has 1 aromatic rings. The minimum atomic E-state index is -3.46. The monoisotopic (exact) mass is 306 g/mol. The summed E-state index contributed by atoms with van der Waals surface area (Å²) in [7, 11) is -3.46. The first-order chi connectivity index (χ1) is 8.80. The number of nitrogens with zero attached hydrogens (tertiary/aromatic N) is 1. The van der Waals surface area contributed by atoms with Crippen LogP contribution in [0.5, 0.6) is 0 Å². The summed E-state index contributed by atoms with van der Waals surface area (Å²) in [5.41, 5.74) is -0.173. The van der Waals surface area contributed by atoms with Gasteiger partial charge >= 0.3 is 0 Å². The van der Waals surface area contributed by atoms with Crippen molar-refractivity contribution >= 4 is 21.4 Å². The first-order valence-corrected chi connectivity index (χ1v) is 8.66. The molecule has 0 aliphatic heterocycles. The molecule has 5 nitrogen and oxygen atoms in total. The summed E-state index contributed by atoms with van der Waals surface area (Å²) < 4.78 is 27.1. The average Bonchev–Trinajstić information content (AvgIpc) is 2.84. The molecule has 1 rings (SSSR count). The van der Waals surface area contributed by atoms with Crippen molar-refractivity contribution in [3.05, 3.63) is 11.2 Å². The van der Waals surface area contributed by atoms with E-state index in [9.17, 15) is 8.42 Å². The van der Waals surface area contributed by atoms with Crippen molar-refractivity contribution in [1.29, 1.82) is 0 Å². The number of aryl methyl sites for hydroxylation is 1. The summed E-state index contributed by atoms with van der Waals surface area (Å²) in [5, 5.41) is 9.64. The molecular weight excluding hydrogens is 284 g/mol. The predicted molar refractivity (Wildman–Crippen MR) is 76.8 cm³/mol. The molecule has 0 aliphatic rings. The molecule has 1 aromatic heterocycles. The van der Waals surface area contributed by atoms with Gasteiger partial charge in [-0.2, -0.15) is 0 Å². The van der Waals surface area contributed by atoms with Crippen molar-refractivity contribution in [2.75, 3.05) is 13.2 Å². The van der Waals surface area contributed by atoms with E-state index in [2.05, 4.69) is 9.71 Å². The van der Waals surface area contributed by atoms with Crippen LogP contribution < -0.4 is 4.72 Å². The smallest absolute Gasteiger partial charge is 0.251 e. The number of aromatic nitrogens is 1. The lowest BCUT2D eigenvalue weighted by Gasteiger charge is -2.24. The fourth-order valence-corrected chi connectivity index (χ4v) is 3.99. The Morgan fingerprint density at radius 1 is 1.47 bits per heavy atom. The molecule has 1 heterocycles. The maximum atomic E-state index is 12.1. The van der Waals surface area contributed by atoms with E-state index in [-0.39, 0.29) is 16.2 Å². The molecule has 0 aromatic carbocycles. The molecule has 19 heavy (non-hydrogen) atoms. The zero-order chi connectivity index (χ0) is 14.5. The molecule has 0 aliphatic carbocycles. The van der Waals surface area contributed by atoms with Crippen molar-refractivity contribution in [2.45, 2.75) is 44.2 Å². The molecule has 0 radical (unpaired) electrons. The van der Waals surface area contributed by atoms with Crippen LogP contribution in [-0.2, 0) is 16.4 Å². The van der Waals surface area contributed by atoms with Gasteiger partial charge in [0, 0.05) is 13.2 Å². The minimum absolute atomic E-state index is 0.130. The number of thiazole rings is 1. The topological polar surface area (TPSA) is 79.3 Å². The third-order valence-corrected chi connectivity index (χ3v) is 5.86. The molecule has 0 atom stereocenters. The molecule has 0 unspecified atom stereocenters. The third-order valence-electron chi connectivity index (χ3n) is 2.85. The summed E-state index contributed by atoms with van der Waals surface area (Å²) in [6, 6.07) is 0. The highest BCUT2D eigenvalue weighted by Gasteiger charge is 2.23. The fourth-order valence-electron chi connectivity index (χ4n) is 1.59. The lowest BCUT2D eigenvalue weighted by molar-refractivity contribution is 0.242. The standard InChI is InChI=1S/C12H22N2O3S2/c1-4-10-13-8-11(18-10)19(16,17)14-9-12(2,3)6-5-7-15/h8,14-15H,4-7,9H2,1-3H3. The molecular formula is C12H22N2O3S2. The number of aliphatic hydroxyl groups excluding tert-OH is 1. The van der Waals surface area contributed by atoms with Gasteiger partial charge in [0.1, 0.15) is 0 Å². The first kappa shape index (κ1) is 16.6. The Morgan fingerprint density at radius 2 is 2.16 bits per heavy atom. The van der Waals surface area contributed by atoms with E-state index in [1.807, 2.05) is 20.8 Å². The highest BCUT2D eigenvalue weighted by atomic mass is 32.2. The average molecular weight is 306 g/mol. The van der Waals surface area contributed by atoms with Gasteiger partial charge in [0.2, 0.25) is 0 Å². The molecule has 0 amide bonds. The van der Waals surface area contributed by atoms with Crippen LogP contribution in [0, 0.1) is 5.41 Å². The van der Waals surface area contributed by atoms with Gasteiger partial charge in [-0.3, -0.25) is 0 Å². The Labute approximate surface area is 119 Å². The van der Waals surface area contributed by atoms with Crippen LogP contribution in [0.1, 0.15) is 38.6 Å². The zero-order valence-electron chi connectivity index (χ0n) is 11.6. The number of sulfonamides is 1. The van der Waals surface area contributed by atoms with Crippen LogP contribution >= 0.6 is 11.3 Å². The fraction of sp³-hybridized carbons (Fsp3) is 0.750. The van der Waals surface area contributed by atoms with Crippen LogP contribution in [0.25, 0.3) is 0 Å². The van der Waals surface area contributed by atoms with Gasteiger partial charge in [-0.05, 0) is 24.7 Å². The van der Waals surface area contributed by atoms with Crippen molar-refractivity contribution < 1.29 is 13.5 Å². The second kappa shape index (κ2) is 6.78. The molecule has 0 saturated carbocycles. The third kappa shape index (κ3) is 5.18. The first-order valence-electron chi connectivity index (χ1n) is 6.36. The van der Waals surface area contributed by atoms with Gasteiger partial charge in [-0.25, -0.2) is 18.1 Å². The number of hydrogen-bond donors (Lipinski definition) is 2. The number of nitrogens with one attached hydrogen (secondary N) is 1. The molecule has 110 valence electrons. The summed E-state index contributed by atoms with van der Waals surface area (Å²) in [6.07, 6.45) is 3.60. The normalized spacial score (nSPS) is 12.8. The predicted octanol–water partition coefficient (Wildman–Crippen LogP) is 1.78. The second-order valence-corrected chi connectivity index (χ2v) is 8.35. The molecule has 0 spiro atoms. The van der Waals surface area contributed by atoms with E-state index in [1.165, 1.54) is 17.5 Å². The van der Waals surface area contributed by atoms with E-state index < -0.39 is 10.0 Å². The van der Waals surface area contributed by atoms with Crippen molar-refractivity contribution in [1.82, 2.24) is 9.71 Å². The van der Waals surface area contributed by atoms with Crippen LogP contribution in [0.3, 0.4) is 0 Å². The van der Waals surface area contributed by atoms with E-state index in [1.54, 1.807) is 0 Å². The van der Waals surface area contributed by atoms with Gasteiger partial charge < -0.3 is 5.11 Å². The number of hydrogen-bond acceptors (Lipinski definition) is 5. The van der Waals surface area contributed by atoms with Crippen molar-refractivity contribution in [3.63, 3.8) is 0 Å². The van der Waals surface area contributed by atoms with Crippen molar-refractivity contribution in [2.24, 2.45) is 5.41 Å². The largest absolute Gasteiger partial charge is 0.396 e. The van der Waals surface area contributed by atoms with E-state index in [0.29, 0.717) is 13.0 Å². The van der Waals surface area contributed by atoms with Crippen LogP contribution in [-0.4, -0.2) is 31.7 Å². The minimum Gasteiger partial charge on any atom is -0.396 e. The van der Waals surface area contributed by atoms with E-state index in [0.717, 1.165) is 17.8 Å². The summed E-state index contributed by atoms with van der Waals surface area (Å²) in [5.74, 6) is 0. The quantitative estimate of drug-likeness (QED) is 0.767. The highest BCUT2D eigenvalue weighted by Crippen LogP contribution is 2.23. The second-order valence-electron chi connectivity index (χ2n) is 5.24. The lowest BCUT2D eigenvalue weighted by Crippen LogP contribution is -2.33. The Bertz CT molecular complexity index is 495. The molecule has 2 N–H and O–H groups in total. The van der Waals surface area contributed by atoms with Gasteiger partial charge in [0.25, 0.3) is 10.0 Å². The zero-order valence-corrected chi connectivity index (χ0v) is 13.3. The van der Waals surface area contributed by atoms with Gasteiger partial charge in [-0.1, -0.05) is 20.8 Å². The molecule has 0 bridgehead atoms. The molecule has 7 heteroatoms. The van der Waals surface area contributed by atoms with Gasteiger partial charge in [0.15, 0.2) is 4.21 Å².